The number of carboxylic acids is 1. The largest absolute Gasteiger partial charge is 0.481 e. The highest BCUT2D eigenvalue weighted by Crippen LogP contribution is 2.44. The summed E-state index contributed by atoms with van der Waals surface area (Å²) < 4.78 is 5.56. The Hall–Kier alpha value is -3.61. The van der Waals surface area contributed by atoms with Gasteiger partial charge < -0.3 is 20.5 Å². The maximum atomic E-state index is 12.4. The molecule has 2 atom stereocenters. The molecule has 2 aliphatic carbocycles. The van der Waals surface area contributed by atoms with Crippen LogP contribution in [-0.4, -0.2) is 42.3 Å². The van der Waals surface area contributed by atoms with Gasteiger partial charge in [-0.25, -0.2) is 4.79 Å². The van der Waals surface area contributed by atoms with Crippen molar-refractivity contribution in [2.24, 2.45) is 5.92 Å². The van der Waals surface area contributed by atoms with Crippen molar-refractivity contribution < 1.29 is 24.2 Å². The van der Waals surface area contributed by atoms with E-state index in [1.807, 2.05) is 24.3 Å². The lowest BCUT2D eigenvalue weighted by molar-refractivity contribution is -0.137. The number of alkyl carbamates (subject to hydrolysis) is 1. The molecule has 2 aliphatic rings. The second kappa shape index (κ2) is 9.68. The Bertz CT molecular complexity index is 1000. The van der Waals surface area contributed by atoms with Crippen LogP contribution in [0.25, 0.3) is 11.1 Å². The summed E-state index contributed by atoms with van der Waals surface area (Å²) in [5.41, 5.74) is 4.66. The summed E-state index contributed by atoms with van der Waals surface area (Å²) in [6.07, 6.45) is 3.91. The van der Waals surface area contributed by atoms with Crippen LogP contribution in [0.3, 0.4) is 0 Å². The Kier molecular flexibility index (Phi) is 6.54. The van der Waals surface area contributed by atoms with Crippen molar-refractivity contribution in [3.05, 3.63) is 71.8 Å². The molecule has 4 rings (SSSR count). The lowest BCUT2D eigenvalue weighted by atomic mass is 9.98. The average Bonchev–Trinajstić information content (AvgIpc) is 3.38. The predicted octanol–water partition coefficient (Wildman–Crippen LogP) is 3.45. The van der Waals surface area contributed by atoms with Gasteiger partial charge in [0, 0.05) is 18.9 Å². The number of amides is 2. The van der Waals surface area contributed by atoms with E-state index in [4.69, 9.17) is 9.84 Å². The quantitative estimate of drug-likeness (QED) is 0.436. The minimum Gasteiger partial charge on any atom is -0.481 e. The summed E-state index contributed by atoms with van der Waals surface area (Å²) in [6, 6.07) is 16.0. The molecule has 166 valence electrons. The van der Waals surface area contributed by atoms with Crippen molar-refractivity contribution in [2.45, 2.75) is 31.2 Å². The molecule has 7 nitrogen and oxygen atoms in total. The molecule has 2 amide bonds. The predicted molar refractivity (Wildman–Crippen MR) is 119 cm³/mol. The Labute approximate surface area is 186 Å². The molecule has 32 heavy (non-hydrogen) atoms. The second-order valence-corrected chi connectivity index (χ2v) is 8.09. The number of hydrogen-bond donors (Lipinski definition) is 3. The summed E-state index contributed by atoms with van der Waals surface area (Å²) in [7, 11) is 0. The molecular weight excluding hydrogens is 408 g/mol. The number of hydrogen-bond acceptors (Lipinski definition) is 4. The fourth-order valence-electron chi connectivity index (χ4n) is 4.37. The smallest absolute Gasteiger partial charge is 0.407 e. The van der Waals surface area contributed by atoms with Gasteiger partial charge in [-0.2, -0.15) is 0 Å². The zero-order valence-corrected chi connectivity index (χ0v) is 17.6. The zero-order valence-electron chi connectivity index (χ0n) is 17.6. The van der Waals surface area contributed by atoms with Crippen LogP contribution in [0, 0.1) is 5.92 Å². The van der Waals surface area contributed by atoms with Gasteiger partial charge >= 0.3 is 12.1 Å². The van der Waals surface area contributed by atoms with E-state index in [1.54, 1.807) is 12.2 Å². The first kappa shape index (κ1) is 21.6. The van der Waals surface area contributed by atoms with E-state index >= 15 is 0 Å². The van der Waals surface area contributed by atoms with Gasteiger partial charge in [0.1, 0.15) is 6.61 Å². The van der Waals surface area contributed by atoms with E-state index in [-0.39, 0.29) is 36.8 Å². The SMILES string of the molecule is O=C(O)CCCNC(=O)C1C=CC(NC(=O)OCC2c3ccccc3-c3ccccc32)C1. The molecule has 0 radical (unpaired) electrons. The molecule has 0 saturated carbocycles. The van der Waals surface area contributed by atoms with Crippen molar-refractivity contribution in [1.82, 2.24) is 10.6 Å². The van der Waals surface area contributed by atoms with Crippen LogP contribution in [-0.2, 0) is 14.3 Å². The van der Waals surface area contributed by atoms with Crippen molar-refractivity contribution in [1.29, 1.82) is 0 Å². The fraction of sp³-hybridized carbons (Fsp3) is 0.320. The van der Waals surface area contributed by atoms with E-state index in [2.05, 4.69) is 34.9 Å². The molecule has 0 heterocycles. The Morgan fingerprint density at radius 2 is 1.62 bits per heavy atom. The first-order chi connectivity index (χ1) is 15.5. The van der Waals surface area contributed by atoms with Crippen molar-refractivity contribution >= 4 is 18.0 Å². The molecular formula is C25H26N2O5. The highest BCUT2D eigenvalue weighted by molar-refractivity contribution is 5.81. The van der Waals surface area contributed by atoms with Gasteiger partial charge in [0.25, 0.3) is 0 Å². The Morgan fingerprint density at radius 3 is 2.28 bits per heavy atom. The molecule has 0 saturated heterocycles. The third-order valence-corrected chi connectivity index (χ3v) is 5.93. The van der Waals surface area contributed by atoms with E-state index in [0.717, 1.165) is 11.1 Å². The van der Waals surface area contributed by atoms with Gasteiger partial charge in [-0.05, 0) is 35.1 Å². The monoisotopic (exact) mass is 434 g/mol. The maximum Gasteiger partial charge on any atom is 0.407 e. The number of rotatable bonds is 8. The van der Waals surface area contributed by atoms with Crippen molar-refractivity contribution in [3.63, 3.8) is 0 Å². The molecule has 0 aliphatic heterocycles. The lowest BCUT2D eigenvalue weighted by Gasteiger charge is -2.17. The van der Waals surface area contributed by atoms with Gasteiger partial charge in [0.05, 0.1) is 12.0 Å². The fourth-order valence-corrected chi connectivity index (χ4v) is 4.37. The number of fused-ring (bicyclic) bond motifs is 3. The van der Waals surface area contributed by atoms with Gasteiger partial charge in [-0.1, -0.05) is 60.7 Å². The second-order valence-electron chi connectivity index (χ2n) is 8.09. The van der Waals surface area contributed by atoms with Crippen LogP contribution in [0.15, 0.2) is 60.7 Å². The molecule has 0 bridgehead atoms. The molecule has 2 aromatic carbocycles. The van der Waals surface area contributed by atoms with E-state index in [0.29, 0.717) is 19.4 Å². The maximum absolute atomic E-state index is 12.4. The molecule has 2 unspecified atom stereocenters. The number of carbonyl (C=O) groups is 3. The number of ether oxygens (including phenoxy) is 1. The first-order valence-electron chi connectivity index (χ1n) is 10.8. The highest BCUT2D eigenvalue weighted by Gasteiger charge is 2.30. The molecule has 3 N–H and O–H groups in total. The van der Waals surface area contributed by atoms with Crippen molar-refractivity contribution in [3.8, 4) is 11.1 Å². The van der Waals surface area contributed by atoms with E-state index < -0.39 is 12.1 Å². The molecule has 0 aromatic heterocycles. The van der Waals surface area contributed by atoms with Gasteiger partial charge in [0.2, 0.25) is 5.91 Å². The van der Waals surface area contributed by atoms with Crippen LogP contribution in [0.5, 0.6) is 0 Å². The number of carbonyl (C=O) groups excluding carboxylic acids is 2. The summed E-state index contributed by atoms with van der Waals surface area (Å²) in [5, 5.41) is 14.2. The molecule has 0 spiro atoms. The van der Waals surface area contributed by atoms with Gasteiger partial charge in [-0.15, -0.1) is 0 Å². The highest BCUT2D eigenvalue weighted by atomic mass is 16.5. The summed E-state index contributed by atoms with van der Waals surface area (Å²) in [6.45, 7) is 0.559. The zero-order chi connectivity index (χ0) is 22.5. The van der Waals surface area contributed by atoms with Gasteiger partial charge in [-0.3, -0.25) is 9.59 Å². The van der Waals surface area contributed by atoms with Crippen LogP contribution < -0.4 is 10.6 Å². The summed E-state index contributed by atoms with van der Waals surface area (Å²) in [5.74, 6) is -1.40. The normalized spacial score (nSPS) is 18.6. The molecule has 2 aromatic rings. The molecule has 7 heteroatoms. The van der Waals surface area contributed by atoms with Crippen LogP contribution in [0.1, 0.15) is 36.3 Å². The molecule has 0 fully saturated rings. The number of nitrogens with one attached hydrogen (secondary N) is 2. The number of aliphatic carboxylic acids is 1. The van der Waals surface area contributed by atoms with E-state index in [1.165, 1.54) is 11.1 Å². The van der Waals surface area contributed by atoms with Crippen LogP contribution in [0.4, 0.5) is 4.79 Å². The van der Waals surface area contributed by atoms with Crippen molar-refractivity contribution in [2.75, 3.05) is 13.2 Å². The van der Waals surface area contributed by atoms with Crippen LogP contribution in [0.2, 0.25) is 0 Å². The lowest BCUT2D eigenvalue weighted by Crippen LogP contribution is -2.36. The van der Waals surface area contributed by atoms with Gasteiger partial charge in [0.15, 0.2) is 0 Å². The first-order valence-corrected chi connectivity index (χ1v) is 10.8. The minimum atomic E-state index is -0.882. The van der Waals surface area contributed by atoms with Crippen LogP contribution >= 0.6 is 0 Å². The average molecular weight is 434 g/mol. The third kappa shape index (κ3) is 4.82. The standard InChI is InChI=1S/C25H26N2O5/c28-23(29)10-5-13-26-24(30)16-11-12-17(14-16)27-25(31)32-15-22-20-8-3-1-6-18(20)19-7-2-4-9-21(19)22/h1-4,6-9,11-12,16-17,22H,5,10,13-15H2,(H,26,30)(H,27,31)(H,28,29). The minimum absolute atomic E-state index is 0.00315. The number of carboxylic acid groups (broad SMARTS) is 1. The topological polar surface area (TPSA) is 105 Å². The third-order valence-electron chi connectivity index (χ3n) is 5.93. The Balaban J connectivity index is 1.25. The summed E-state index contributed by atoms with van der Waals surface area (Å²) in [4.78, 5) is 35.1. The Morgan fingerprint density at radius 1 is 0.969 bits per heavy atom. The summed E-state index contributed by atoms with van der Waals surface area (Å²) >= 11 is 0. The number of benzene rings is 2. The van der Waals surface area contributed by atoms with E-state index in [9.17, 15) is 14.4 Å².